The highest BCUT2D eigenvalue weighted by Crippen LogP contribution is 2.32. The average Bonchev–Trinajstić information content (AvgIpc) is 2.80. The maximum atomic E-state index is 10.6. The van der Waals surface area contributed by atoms with Crippen LogP contribution >= 0.6 is 0 Å². The van der Waals surface area contributed by atoms with Crippen molar-refractivity contribution in [2.45, 2.75) is 20.0 Å². The number of methoxy groups -OCH3 is 1. The van der Waals surface area contributed by atoms with Crippen LogP contribution in [-0.4, -0.2) is 31.8 Å². The van der Waals surface area contributed by atoms with Crippen LogP contribution in [-0.2, 0) is 14.1 Å². The van der Waals surface area contributed by atoms with E-state index in [0.29, 0.717) is 11.4 Å². The van der Waals surface area contributed by atoms with Crippen molar-refractivity contribution < 1.29 is 9.84 Å². The Bertz CT molecular complexity index is 571. The van der Waals surface area contributed by atoms with Crippen LogP contribution in [0.1, 0.15) is 28.7 Å². The normalized spacial score (nSPS) is 12.8. The molecule has 2 rings (SSSR count). The molecule has 6 nitrogen and oxygen atoms in total. The summed E-state index contributed by atoms with van der Waals surface area (Å²) in [5.74, 6) is 0.577. The van der Waals surface area contributed by atoms with Crippen molar-refractivity contribution in [3.05, 3.63) is 28.8 Å². The lowest BCUT2D eigenvalue weighted by molar-refractivity contribution is 0.203. The molecule has 0 saturated heterocycles. The predicted molar refractivity (Wildman–Crippen MR) is 66.5 cm³/mol. The first kappa shape index (κ1) is 12.6. The predicted octanol–water partition coefficient (Wildman–Crippen LogP) is 0.861. The zero-order valence-corrected chi connectivity index (χ0v) is 11.3. The summed E-state index contributed by atoms with van der Waals surface area (Å²) in [6.07, 6.45) is 0.806. The van der Waals surface area contributed by atoms with Gasteiger partial charge in [0.25, 0.3) is 0 Å². The van der Waals surface area contributed by atoms with E-state index in [1.165, 1.54) is 0 Å². The Morgan fingerprint density at radius 2 is 1.94 bits per heavy atom. The average molecular weight is 250 g/mol. The molecular formula is C12H18N4O2. The second-order valence-electron chi connectivity index (χ2n) is 4.33. The van der Waals surface area contributed by atoms with Gasteiger partial charge in [0, 0.05) is 25.4 Å². The summed E-state index contributed by atoms with van der Waals surface area (Å²) in [6.45, 7) is 3.82. The number of nitrogens with zero attached hydrogens (tertiary/aromatic N) is 4. The van der Waals surface area contributed by atoms with E-state index in [9.17, 15) is 5.11 Å². The summed E-state index contributed by atoms with van der Waals surface area (Å²) >= 11 is 0. The third-order valence-corrected chi connectivity index (χ3v) is 3.27. The molecule has 0 aliphatic rings. The first-order valence-electron chi connectivity index (χ1n) is 5.71. The van der Waals surface area contributed by atoms with Crippen molar-refractivity contribution in [1.82, 2.24) is 19.6 Å². The van der Waals surface area contributed by atoms with Gasteiger partial charge >= 0.3 is 0 Å². The highest BCUT2D eigenvalue weighted by molar-refractivity contribution is 5.38. The van der Waals surface area contributed by atoms with Gasteiger partial charge in [-0.05, 0) is 13.8 Å². The SMILES string of the molecule is COc1cnn(C)c1C(O)c1c(C)nn(C)c1C. The second-order valence-corrected chi connectivity index (χ2v) is 4.33. The van der Waals surface area contributed by atoms with E-state index in [2.05, 4.69) is 10.2 Å². The Labute approximate surface area is 106 Å². The molecule has 0 aliphatic carbocycles. The van der Waals surface area contributed by atoms with E-state index in [1.54, 1.807) is 29.7 Å². The van der Waals surface area contributed by atoms with Crippen molar-refractivity contribution in [2.75, 3.05) is 7.11 Å². The minimum Gasteiger partial charge on any atom is -0.493 e. The fraction of sp³-hybridized carbons (Fsp3) is 0.500. The van der Waals surface area contributed by atoms with Crippen molar-refractivity contribution >= 4 is 0 Å². The van der Waals surface area contributed by atoms with Crippen molar-refractivity contribution in [3.8, 4) is 5.75 Å². The molecule has 0 amide bonds. The van der Waals surface area contributed by atoms with Crippen LogP contribution in [0.25, 0.3) is 0 Å². The van der Waals surface area contributed by atoms with E-state index in [-0.39, 0.29) is 0 Å². The third-order valence-electron chi connectivity index (χ3n) is 3.27. The van der Waals surface area contributed by atoms with Gasteiger partial charge in [0.05, 0.1) is 19.0 Å². The first-order chi connectivity index (χ1) is 8.47. The summed E-state index contributed by atoms with van der Waals surface area (Å²) < 4.78 is 8.61. The number of aliphatic hydroxyl groups is 1. The van der Waals surface area contributed by atoms with Gasteiger partial charge in [0.2, 0.25) is 0 Å². The van der Waals surface area contributed by atoms with Crippen LogP contribution in [0, 0.1) is 13.8 Å². The summed E-state index contributed by atoms with van der Waals surface area (Å²) in [6, 6.07) is 0. The molecule has 1 unspecified atom stereocenters. The Kier molecular flexibility index (Phi) is 3.13. The van der Waals surface area contributed by atoms with E-state index in [0.717, 1.165) is 17.0 Å². The molecule has 0 saturated carbocycles. The van der Waals surface area contributed by atoms with Gasteiger partial charge in [-0.3, -0.25) is 9.36 Å². The summed E-state index contributed by atoms with van der Waals surface area (Å²) in [4.78, 5) is 0. The molecule has 0 spiro atoms. The molecule has 0 aliphatic heterocycles. The number of hydrogen-bond acceptors (Lipinski definition) is 4. The smallest absolute Gasteiger partial charge is 0.162 e. The Morgan fingerprint density at radius 3 is 2.44 bits per heavy atom. The molecule has 98 valence electrons. The zero-order valence-electron chi connectivity index (χ0n) is 11.3. The number of hydrogen-bond donors (Lipinski definition) is 1. The maximum Gasteiger partial charge on any atom is 0.162 e. The molecule has 0 aromatic carbocycles. The van der Waals surface area contributed by atoms with E-state index in [4.69, 9.17) is 4.74 Å². The van der Waals surface area contributed by atoms with Gasteiger partial charge in [-0.25, -0.2) is 0 Å². The Balaban J connectivity index is 2.54. The Hall–Kier alpha value is -1.82. The monoisotopic (exact) mass is 250 g/mol. The molecule has 18 heavy (non-hydrogen) atoms. The lowest BCUT2D eigenvalue weighted by atomic mass is 10.0. The van der Waals surface area contributed by atoms with Crippen LogP contribution in [0.3, 0.4) is 0 Å². The molecule has 1 N–H and O–H groups in total. The second kappa shape index (κ2) is 4.45. The van der Waals surface area contributed by atoms with Gasteiger partial charge in [-0.2, -0.15) is 10.2 Å². The number of rotatable bonds is 3. The maximum absolute atomic E-state index is 10.6. The molecular weight excluding hydrogens is 232 g/mol. The molecule has 6 heteroatoms. The molecule has 2 heterocycles. The van der Waals surface area contributed by atoms with Gasteiger partial charge in [0.15, 0.2) is 5.75 Å². The summed E-state index contributed by atoms with van der Waals surface area (Å²) in [7, 11) is 5.21. The van der Waals surface area contributed by atoms with Crippen molar-refractivity contribution in [3.63, 3.8) is 0 Å². The van der Waals surface area contributed by atoms with Crippen LogP contribution < -0.4 is 4.74 Å². The fourth-order valence-electron chi connectivity index (χ4n) is 2.22. The lowest BCUT2D eigenvalue weighted by Gasteiger charge is -2.13. The highest BCUT2D eigenvalue weighted by atomic mass is 16.5. The summed E-state index contributed by atoms with van der Waals surface area (Å²) in [5, 5.41) is 19.0. The van der Waals surface area contributed by atoms with E-state index in [1.807, 2.05) is 20.9 Å². The molecule has 0 fully saturated rings. The molecule has 2 aromatic heterocycles. The van der Waals surface area contributed by atoms with Gasteiger partial charge in [0.1, 0.15) is 11.8 Å². The standard InChI is InChI=1S/C12H18N4O2/c1-7-10(8(2)15(3)14-7)12(17)11-9(18-5)6-13-16(11)4/h6,12,17H,1-5H3. The van der Waals surface area contributed by atoms with E-state index >= 15 is 0 Å². The topological polar surface area (TPSA) is 65.1 Å². The van der Waals surface area contributed by atoms with Crippen molar-refractivity contribution in [1.29, 1.82) is 0 Å². The first-order valence-corrected chi connectivity index (χ1v) is 5.71. The molecule has 0 bridgehead atoms. The molecule has 0 radical (unpaired) electrons. The van der Waals surface area contributed by atoms with Crippen LogP contribution in [0.5, 0.6) is 5.75 Å². The zero-order chi connectivity index (χ0) is 13.4. The summed E-state index contributed by atoms with van der Waals surface area (Å²) in [5.41, 5.74) is 3.19. The van der Waals surface area contributed by atoms with Crippen LogP contribution in [0.4, 0.5) is 0 Å². The number of ether oxygens (including phenoxy) is 1. The largest absolute Gasteiger partial charge is 0.493 e. The number of aliphatic hydroxyl groups excluding tert-OH is 1. The minimum absolute atomic E-state index is 0.577. The minimum atomic E-state index is -0.791. The van der Waals surface area contributed by atoms with Gasteiger partial charge < -0.3 is 9.84 Å². The van der Waals surface area contributed by atoms with Crippen LogP contribution in [0.2, 0.25) is 0 Å². The van der Waals surface area contributed by atoms with Crippen LogP contribution in [0.15, 0.2) is 6.20 Å². The quantitative estimate of drug-likeness (QED) is 0.877. The van der Waals surface area contributed by atoms with E-state index < -0.39 is 6.10 Å². The van der Waals surface area contributed by atoms with Gasteiger partial charge in [-0.1, -0.05) is 0 Å². The lowest BCUT2D eigenvalue weighted by Crippen LogP contribution is -2.10. The van der Waals surface area contributed by atoms with Gasteiger partial charge in [-0.15, -0.1) is 0 Å². The fourth-order valence-corrected chi connectivity index (χ4v) is 2.22. The molecule has 1 atom stereocenters. The number of aromatic nitrogens is 4. The number of aryl methyl sites for hydroxylation is 3. The highest BCUT2D eigenvalue weighted by Gasteiger charge is 2.25. The third kappa shape index (κ3) is 1.78. The van der Waals surface area contributed by atoms with Crippen molar-refractivity contribution in [2.24, 2.45) is 14.1 Å². The molecule has 2 aromatic rings. The Morgan fingerprint density at radius 1 is 1.28 bits per heavy atom.